The van der Waals surface area contributed by atoms with E-state index in [1.807, 2.05) is 7.05 Å². The second kappa shape index (κ2) is 7.18. The van der Waals surface area contributed by atoms with Gasteiger partial charge in [-0.3, -0.25) is 4.98 Å². The molecule has 3 nitrogen and oxygen atoms in total. The zero-order chi connectivity index (χ0) is 15.2. The summed E-state index contributed by atoms with van der Waals surface area (Å²) in [6.07, 6.45) is 3.03. The zero-order valence-corrected chi connectivity index (χ0v) is 12.6. The first-order valence-electron chi connectivity index (χ1n) is 7.27. The monoisotopic (exact) mass is 287 g/mol. The molecule has 1 unspecified atom stereocenters. The Bertz CT molecular complexity index is 551. The van der Waals surface area contributed by atoms with E-state index in [1.54, 1.807) is 6.07 Å². The average molecular weight is 287 g/mol. The van der Waals surface area contributed by atoms with E-state index < -0.39 is 0 Å². The molecule has 2 aromatic rings. The van der Waals surface area contributed by atoms with Crippen molar-refractivity contribution in [1.82, 2.24) is 4.98 Å². The summed E-state index contributed by atoms with van der Waals surface area (Å²) in [7, 11) is 2.05. The molecule has 0 bridgehead atoms. The fourth-order valence-electron chi connectivity index (χ4n) is 2.20. The van der Waals surface area contributed by atoms with E-state index >= 15 is 0 Å². The van der Waals surface area contributed by atoms with Gasteiger partial charge in [-0.1, -0.05) is 19.1 Å². The quantitative estimate of drug-likeness (QED) is 0.886. The Morgan fingerprint density at radius 1 is 1.19 bits per heavy atom. The average Bonchev–Trinajstić information content (AvgIpc) is 2.53. The first-order valence-corrected chi connectivity index (χ1v) is 7.27. The number of aromatic nitrogens is 1. The molecule has 0 saturated heterocycles. The first-order chi connectivity index (χ1) is 10.1. The van der Waals surface area contributed by atoms with Crippen molar-refractivity contribution in [2.75, 3.05) is 18.5 Å². The Morgan fingerprint density at radius 2 is 1.90 bits per heavy atom. The van der Waals surface area contributed by atoms with Crippen LogP contribution in [0.4, 0.5) is 10.1 Å². The highest BCUT2D eigenvalue weighted by Gasteiger charge is 2.09. The van der Waals surface area contributed by atoms with E-state index in [-0.39, 0.29) is 11.9 Å². The zero-order valence-electron chi connectivity index (χ0n) is 12.6. The molecule has 1 aromatic carbocycles. The molecular formula is C17H22FN3. The molecular weight excluding hydrogens is 265 g/mol. The van der Waals surface area contributed by atoms with Gasteiger partial charge in [-0.05, 0) is 42.7 Å². The summed E-state index contributed by atoms with van der Waals surface area (Å²) in [5.41, 5.74) is 9.34. The van der Waals surface area contributed by atoms with Crippen LogP contribution in [0.25, 0.3) is 0 Å². The number of hydrogen-bond donors (Lipinski definition) is 1. The fourth-order valence-corrected chi connectivity index (χ4v) is 2.20. The molecule has 2 rings (SSSR count). The summed E-state index contributed by atoms with van der Waals surface area (Å²) in [5.74, 6) is -0.334. The van der Waals surface area contributed by atoms with Gasteiger partial charge in [0.05, 0.1) is 11.9 Å². The van der Waals surface area contributed by atoms with Gasteiger partial charge in [-0.25, -0.2) is 4.39 Å². The minimum atomic E-state index is -0.334. The van der Waals surface area contributed by atoms with Crippen molar-refractivity contribution in [3.05, 3.63) is 59.7 Å². The topological polar surface area (TPSA) is 42.1 Å². The smallest absolute Gasteiger partial charge is 0.141 e. The molecule has 1 heterocycles. The van der Waals surface area contributed by atoms with Crippen LogP contribution in [0.1, 0.15) is 30.6 Å². The van der Waals surface area contributed by atoms with Crippen LogP contribution in [0.15, 0.2) is 42.6 Å². The van der Waals surface area contributed by atoms with Crippen molar-refractivity contribution < 1.29 is 4.39 Å². The number of rotatable bonds is 6. The Labute approximate surface area is 125 Å². The van der Waals surface area contributed by atoms with Gasteiger partial charge in [-0.2, -0.15) is 0 Å². The number of halogens is 1. The molecule has 0 aliphatic rings. The first kappa shape index (κ1) is 15.4. The van der Waals surface area contributed by atoms with E-state index in [2.05, 4.69) is 41.1 Å². The van der Waals surface area contributed by atoms with Gasteiger partial charge in [-0.15, -0.1) is 0 Å². The number of anilines is 1. The lowest BCUT2D eigenvalue weighted by Crippen LogP contribution is -2.23. The van der Waals surface area contributed by atoms with Crippen LogP contribution in [0.2, 0.25) is 0 Å². The lowest BCUT2D eigenvalue weighted by Gasteiger charge is -2.21. The number of nitrogens with zero attached hydrogens (tertiary/aromatic N) is 2. The SMILES string of the molecule is CCc1ccc(N(C)CCC(N)c2ccc(F)cn2)cc1. The highest BCUT2D eigenvalue weighted by atomic mass is 19.1. The summed E-state index contributed by atoms with van der Waals surface area (Å²) in [6.45, 7) is 2.97. The Kier molecular flexibility index (Phi) is 5.28. The Hall–Kier alpha value is -1.94. The molecule has 1 aromatic heterocycles. The largest absolute Gasteiger partial charge is 0.375 e. The maximum absolute atomic E-state index is 12.8. The molecule has 0 saturated carbocycles. The highest BCUT2D eigenvalue weighted by Crippen LogP contribution is 2.17. The van der Waals surface area contributed by atoms with Crippen molar-refractivity contribution in [3.63, 3.8) is 0 Å². The van der Waals surface area contributed by atoms with Crippen LogP contribution in [-0.2, 0) is 6.42 Å². The van der Waals surface area contributed by atoms with Gasteiger partial charge in [0.2, 0.25) is 0 Å². The third-order valence-electron chi connectivity index (χ3n) is 3.69. The van der Waals surface area contributed by atoms with Crippen molar-refractivity contribution in [2.24, 2.45) is 5.73 Å². The lowest BCUT2D eigenvalue weighted by molar-refractivity contribution is 0.600. The van der Waals surface area contributed by atoms with Crippen LogP contribution in [-0.4, -0.2) is 18.6 Å². The van der Waals surface area contributed by atoms with Crippen LogP contribution < -0.4 is 10.6 Å². The maximum Gasteiger partial charge on any atom is 0.141 e. The van der Waals surface area contributed by atoms with Gasteiger partial charge in [0, 0.05) is 25.3 Å². The second-order valence-electron chi connectivity index (χ2n) is 5.24. The van der Waals surface area contributed by atoms with Crippen LogP contribution in [0.5, 0.6) is 0 Å². The number of hydrogen-bond acceptors (Lipinski definition) is 3. The van der Waals surface area contributed by atoms with Gasteiger partial charge < -0.3 is 10.6 Å². The van der Waals surface area contributed by atoms with E-state index in [0.29, 0.717) is 0 Å². The lowest BCUT2D eigenvalue weighted by atomic mass is 10.1. The number of nitrogens with two attached hydrogens (primary N) is 1. The maximum atomic E-state index is 12.8. The van der Waals surface area contributed by atoms with Gasteiger partial charge in [0.25, 0.3) is 0 Å². The predicted molar refractivity (Wildman–Crippen MR) is 84.8 cm³/mol. The summed E-state index contributed by atoms with van der Waals surface area (Å²) in [4.78, 5) is 6.20. The van der Waals surface area contributed by atoms with Gasteiger partial charge >= 0.3 is 0 Å². The summed E-state index contributed by atoms with van der Waals surface area (Å²) >= 11 is 0. The third kappa shape index (κ3) is 4.26. The molecule has 0 radical (unpaired) electrons. The Balaban J connectivity index is 1.90. The van der Waals surface area contributed by atoms with E-state index in [4.69, 9.17) is 5.73 Å². The minimum Gasteiger partial charge on any atom is -0.375 e. The molecule has 0 spiro atoms. The molecule has 0 amide bonds. The Morgan fingerprint density at radius 3 is 2.48 bits per heavy atom. The molecule has 0 aliphatic heterocycles. The van der Waals surface area contributed by atoms with Crippen molar-refractivity contribution in [3.8, 4) is 0 Å². The van der Waals surface area contributed by atoms with E-state index in [1.165, 1.54) is 23.5 Å². The standard InChI is InChI=1S/C17H22FN3/c1-3-13-4-7-15(8-5-13)21(2)11-10-16(19)17-9-6-14(18)12-20-17/h4-9,12,16H,3,10-11,19H2,1-2H3. The summed E-state index contributed by atoms with van der Waals surface area (Å²) in [5, 5.41) is 0. The number of pyridine rings is 1. The van der Waals surface area contributed by atoms with E-state index in [9.17, 15) is 4.39 Å². The second-order valence-corrected chi connectivity index (χ2v) is 5.24. The molecule has 1 atom stereocenters. The van der Waals surface area contributed by atoms with E-state index in [0.717, 1.165) is 25.1 Å². The number of aryl methyl sites for hydroxylation is 1. The molecule has 21 heavy (non-hydrogen) atoms. The third-order valence-corrected chi connectivity index (χ3v) is 3.69. The van der Waals surface area contributed by atoms with Crippen LogP contribution >= 0.6 is 0 Å². The summed E-state index contributed by atoms with van der Waals surface area (Å²) < 4.78 is 12.8. The fraction of sp³-hybridized carbons (Fsp3) is 0.353. The minimum absolute atomic E-state index is 0.178. The van der Waals surface area contributed by atoms with Crippen molar-refractivity contribution in [2.45, 2.75) is 25.8 Å². The number of benzene rings is 1. The molecule has 0 aliphatic carbocycles. The van der Waals surface area contributed by atoms with Crippen LogP contribution in [0.3, 0.4) is 0 Å². The predicted octanol–water partition coefficient (Wildman–Crippen LogP) is 3.31. The van der Waals surface area contributed by atoms with Crippen LogP contribution in [0, 0.1) is 5.82 Å². The van der Waals surface area contributed by atoms with Gasteiger partial charge in [0.15, 0.2) is 0 Å². The van der Waals surface area contributed by atoms with Gasteiger partial charge in [0.1, 0.15) is 5.82 Å². The highest BCUT2D eigenvalue weighted by molar-refractivity contribution is 5.46. The molecule has 4 heteroatoms. The molecule has 2 N–H and O–H groups in total. The summed E-state index contributed by atoms with van der Waals surface area (Å²) in [6, 6.07) is 11.4. The molecule has 112 valence electrons. The van der Waals surface area contributed by atoms with Crippen molar-refractivity contribution in [1.29, 1.82) is 0 Å². The van der Waals surface area contributed by atoms with Crippen molar-refractivity contribution >= 4 is 5.69 Å². The normalized spacial score (nSPS) is 12.2. The molecule has 0 fully saturated rings.